The Hall–Kier alpha value is -1.29. The number of hydrogen-bond donors (Lipinski definition) is 1. The van der Waals surface area contributed by atoms with Crippen LogP contribution in [-0.2, 0) is 13.0 Å². The van der Waals surface area contributed by atoms with Crippen molar-refractivity contribution in [3.8, 4) is 0 Å². The van der Waals surface area contributed by atoms with E-state index in [9.17, 15) is 4.79 Å². The summed E-state index contributed by atoms with van der Waals surface area (Å²) in [7, 11) is 2.09. The second-order valence-corrected chi connectivity index (χ2v) is 4.83. The van der Waals surface area contributed by atoms with Gasteiger partial charge in [0.15, 0.2) is 0 Å². The predicted octanol–water partition coefficient (Wildman–Crippen LogP) is 0.999. The Bertz CT molecular complexity index is 462. The lowest BCUT2D eigenvalue weighted by Gasteiger charge is -2.29. The van der Waals surface area contributed by atoms with Crippen molar-refractivity contribution < 1.29 is 0 Å². The number of likely N-dealkylation sites (N-methyl/N-ethyl adjacent to an activating group) is 1. The molecule has 0 radical (unpaired) electrons. The van der Waals surface area contributed by atoms with Gasteiger partial charge in [-0.1, -0.05) is 0 Å². The van der Waals surface area contributed by atoms with Crippen LogP contribution in [0.4, 0.5) is 5.69 Å². The molecule has 0 bridgehead atoms. The average molecular weight is 221 g/mol. The zero-order valence-electron chi connectivity index (χ0n) is 10.2. The van der Waals surface area contributed by atoms with Crippen LogP contribution in [0.25, 0.3) is 0 Å². The number of nitrogens with zero attached hydrogens (tertiary/aromatic N) is 2. The van der Waals surface area contributed by atoms with E-state index in [1.165, 1.54) is 5.56 Å². The lowest BCUT2D eigenvalue weighted by Crippen LogP contribution is -2.35. The Morgan fingerprint density at radius 2 is 2.12 bits per heavy atom. The molecule has 2 heterocycles. The SMILES string of the molecule is CC(C)n1c2c(cc(N)c1=O)CN(C)CC2. The molecule has 0 atom stereocenters. The van der Waals surface area contributed by atoms with Crippen LogP contribution >= 0.6 is 0 Å². The van der Waals surface area contributed by atoms with E-state index in [1.807, 2.05) is 24.5 Å². The monoisotopic (exact) mass is 221 g/mol. The number of pyridine rings is 1. The largest absolute Gasteiger partial charge is 0.394 e. The minimum Gasteiger partial charge on any atom is -0.394 e. The van der Waals surface area contributed by atoms with Crippen LogP contribution in [0.15, 0.2) is 10.9 Å². The van der Waals surface area contributed by atoms with E-state index in [2.05, 4.69) is 11.9 Å². The first-order valence-electron chi connectivity index (χ1n) is 5.72. The van der Waals surface area contributed by atoms with Crippen LogP contribution in [0, 0.1) is 0 Å². The molecular formula is C12H19N3O. The summed E-state index contributed by atoms with van der Waals surface area (Å²) in [5, 5.41) is 0. The van der Waals surface area contributed by atoms with Gasteiger partial charge in [-0.05, 0) is 32.5 Å². The molecule has 0 saturated heterocycles. The van der Waals surface area contributed by atoms with E-state index in [4.69, 9.17) is 5.73 Å². The Kier molecular flexibility index (Phi) is 2.76. The van der Waals surface area contributed by atoms with Crippen LogP contribution < -0.4 is 11.3 Å². The molecule has 1 aromatic rings. The van der Waals surface area contributed by atoms with Gasteiger partial charge < -0.3 is 15.2 Å². The van der Waals surface area contributed by atoms with Gasteiger partial charge in [0.1, 0.15) is 0 Å². The normalized spacial score (nSPS) is 16.5. The van der Waals surface area contributed by atoms with Crippen LogP contribution in [-0.4, -0.2) is 23.1 Å². The van der Waals surface area contributed by atoms with Crippen molar-refractivity contribution >= 4 is 5.69 Å². The van der Waals surface area contributed by atoms with Crippen molar-refractivity contribution in [3.63, 3.8) is 0 Å². The first-order chi connectivity index (χ1) is 7.50. The summed E-state index contributed by atoms with van der Waals surface area (Å²) in [5.41, 5.74) is 8.45. The van der Waals surface area contributed by atoms with Gasteiger partial charge in [-0.2, -0.15) is 0 Å². The Labute approximate surface area is 95.7 Å². The summed E-state index contributed by atoms with van der Waals surface area (Å²) in [6.45, 7) is 5.94. The number of anilines is 1. The number of nitrogen functional groups attached to an aromatic ring is 1. The van der Waals surface area contributed by atoms with Crippen molar-refractivity contribution in [2.45, 2.75) is 32.9 Å². The van der Waals surface area contributed by atoms with E-state index in [0.29, 0.717) is 5.69 Å². The zero-order chi connectivity index (χ0) is 11.9. The van der Waals surface area contributed by atoms with Crippen LogP contribution in [0.5, 0.6) is 0 Å². The molecule has 0 aromatic carbocycles. The number of aromatic nitrogens is 1. The Morgan fingerprint density at radius 3 is 2.75 bits per heavy atom. The van der Waals surface area contributed by atoms with E-state index in [1.54, 1.807) is 0 Å². The molecule has 0 spiro atoms. The molecule has 0 aliphatic carbocycles. The average Bonchev–Trinajstić information content (AvgIpc) is 2.19. The van der Waals surface area contributed by atoms with Gasteiger partial charge in [0.05, 0.1) is 5.69 Å². The van der Waals surface area contributed by atoms with Crippen molar-refractivity contribution in [3.05, 3.63) is 27.7 Å². The standard InChI is InChI=1S/C12H19N3O/c1-8(2)15-11-4-5-14(3)7-9(11)6-10(13)12(15)16/h6,8H,4-5,7,13H2,1-3H3. The number of hydrogen-bond acceptors (Lipinski definition) is 3. The van der Waals surface area contributed by atoms with Crippen molar-refractivity contribution in [2.75, 3.05) is 19.3 Å². The maximum atomic E-state index is 12.0. The predicted molar refractivity (Wildman–Crippen MR) is 65.5 cm³/mol. The smallest absolute Gasteiger partial charge is 0.274 e. The third kappa shape index (κ3) is 1.73. The topological polar surface area (TPSA) is 51.3 Å². The van der Waals surface area contributed by atoms with E-state index in [0.717, 1.165) is 25.2 Å². The minimum absolute atomic E-state index is 0.0432. The summed E-state index contributed by atoms with van der Waals surface area (Å²) in [6.07, 6.45) is 0.930. The molecule has 4 heteroatoms. The third-order valence-corrected chi connectivity index (χ3v) is 3.14. The van der Waals surface area contributed by atoms with E-state index < -0.39 is 0 Å². The quantitative estimate of drug-likeness (QED) is 0.769. The van der Waals surface area contributed by atoms with Gasteiger partial charge in [0.2, 0.25) is 0 Å². The molecule has 0 fully saturated rings. The molecule has 2 rings (SSSR count). The van der Waals surface area contributed by atoms with Crippen molar-refractivity contribution in [1.82, 2.24) is 9.47 Å². The molecule has 0 amide bonds. The molecule has 0 saturated carbocycles. The highest BCUT2D eigenvalue weighted by Gasteiger charge is 2.20. The number of rotatable bonds is 1. The summed E-state index contributed by atoms with van der Waals surface area (Å²) in [4.78, 5) is 14.2. The number of fused-ring (bicyclic) bond motifs is 1. The lowest BCUT2D eigenvalue weighted by molar-refractivity contribution is 0.302. The van der Waals surface area contributed by atoms with Gasteiger partial charge in [-0.3, -0.25) is 4.79 Å². The first kappa shape index (κ1) is 11.2. The summed E-state index contributed by atoms with van der Waals surface area (Å²) >= 11 is 0. The fourth-order valence-electron chi connectivity index (χ4n) is 2.38. The van der Waals surface area contributed by atoms with Crippen molar-refractivity contribution in [1.29, 1.82) is 0 Å². The molecule has 4 nitrogen and oxygen atoms in total. The highest BCUT2D eigenvalue weighted by Crippen LogP contribution is 2.20. The molecule has 1 aliphatic heterocycles. The molecule has 2 N–H and O–H groups in total. The molecule has 0 unspecified atom stereocenters. The van der Waals surface area contributed by atoms with Gasteiger partial charge in [0, 0.05) is 31.2 Å². The zero-order valence-corrected chi connectivity index (χ0v) is 10.2. The molecule has 1 aliphatic rings. The minimum atomic E-state index is -0.0432. The van der Waals surface area contributed by atoms with E-state index in [-0.39, 0.29) is 11.6 Å². The maximum absolute atomic E-state index is 12.0. The third-order valence-electron chi connectivity index (χ3n) is 3.14. The molecule has 16 heavy (non-hydrogen) atoms. The lowest BCUT2D eigenvalue weighted by atomic mass is 10.0. The highest BCUT2D eigenvalue weighted by atomic mass is 16.1. The van der Waals surface area contributed by atoms with Crippen LogP contribution in [0.1, 0.15) is 31.1 Å². The van der Waals surface area contributed by atoms with Crippen molar-refractivity contribution in [2.24, 2.45) is 0 Å². The second-order valence-electron chi connectivity index (χ2n) is 4.83. The Balaban J connectivity index is 2.64. The first-order valence-corrected chi connectivity index (χ1v) is 5.72. The van der Waals surface area contributed by atoms with Gasteiger partial charge in [-0.15, -0.1) is 0 Å². The molecule has 88 valence electrons. The van der Waals surface area contributed by atoms with Gasteiger partial charge in [-0.25, -0.2) is 0 Å². The number of nitrogens with two attached hydrogens (primary N) is 1. The second kappa shape index (κ2) is 3.94. The summed E-state index contributed by atoms with van der Waals surface area (Å²) < 4.78 is 1.84. The van der Waals surface area contributed by atoms with Gasteiger partial charge in [0.25, 0.3) is 5.56 Å². The molecular weight excluding hydrogens is 202 g/mol. The van der Waals surface area contributed by atoms with Crippen LogP contribution in [0.2, 0.25) is 0 Å². The maximum Gasteiger partial charge on any atom is 0.274 e. The molecule has 1 aromatic heterocycles. The van der Waals surface area contributed by atoms with Crippen LogP contribution in [0.3, 0.4) is 0 Å². The fraction of sp³-hybridized carbons (Fsp3) is 0.583. The van der Waals surface area contributed by atoms with Gasteiger partial charge >= 0.3 is 0 Å². The Morgan fingerprint density at radius 1 is 1.44 bits per heavy atom. The summed E-state index contributed by atoms with van der Waals surface area (Å²) in [6, 6.07) is 2.01. The summed E-state index contributed by atoms with van der Waals surface area (Å²) in [5.74, 6) is 0. The fourth-order valence-corrected chi connectivity index (χ4v) is 2.38. The van der Waals surface area contributed by atoms with E-state index >= 15 is 0 Å². The highest BCUT2D eigenvalue weighted by molar-refractivity contribution is 5.42.